The van der Waals surface area contributed by atoms with Crippen LogP contribution in [0, 0.1) is 5.92 Å². The summed E-state index contributed by atoms with van der Waals surface area (Å²) in [6.45, 7) is 2.19. The van der Waals surface area contributed by atoms with Crippen LogP contribution in [0.1, 0.15) is 43.1 Å². The first-order chi connectivity index (χ1) is 9.27. The highest BCUT2D eigenvalue weighted by Crippen LogP contribution is 2.26. The minimum Gasteiger partial charge on any atom is -0.458 e. The van der Waals surface area contributed by atoms with Crippen LogP contribution in [-0.4, -0.2) is 25.1 Å². The van der Waals surface area contributed by atoms with Gasteiger partial charge in [0.25, 0.3) is 9.05 Å². The van der Waals surface area contributed by atoms with E-state index in [1.54, 1.807) is 7.05 Å². The van der Waals surface area contributed by atoms with Crippen LogP contribution >= 0.6 is 10.7 Å². The Hall–Kier alpha value is -1.01. The van der Waals surface area contributed by atoms with Gasteiger partial charge >= 0.3 is 5.97 Å². The van der Waals surface area contributed by atoms with Gasteiger partial charge in [-0.25, -0.2) is 13.2 Å². The van der Waals surface area contributed by atoms with Crippen molar-refractivity contribution in [2.75, 3.05) is 0 Å². The Bertz CT molecular complexity index is 600. The van der Waals surface area contributed by atoms with Gasteiger partial charge in [-0.05, 0) is 37.7 Å². The molecule has 0 atom stereocenters. The lowest BCUT2D eigenvalue weighted by Gasteiger charge is -2.25. The van der Waals surface area contributed by atoms with E-state index < -0.39 is 15.0 Å². The van der Waals surface area contributed by atoms with Crippen LogP contribution < -0.4 is 0 Å². The fraction of sp³-hybridized carbons (Fsp3) is 0.615. The molecule has 0 unspecified atom stereocenters. The van der Waals surface area contributed by atoms with Gasteiger partial charge in [-0.1, -0.05) is 6.92 Å². The molecule has 0 N–H and O–H groups in total. The number of hydrogen-bond donors (Lipinski definition) is 0. The van der Waals surface area contributed by atoms with E-state index in [-0.39, 0.29) is 16.7 Å². The first kappa shape index (κ1) is 15.4. The number of ether oxygens (including phenoxy) is 1. The van der Waals surface area contributed by atoms with Crippen molar-refractivity contribution < 1.29 is 17.9 Å². The number of esters is 1. The molecule has 1 aliphatic rings. The molecule has 0 bridgehead atoms. The van der Waals surface area contributed by atoms with Gasteiger partial charge in [-0.2, -0.15) is 0 Å². The van der Waals surface area contributed by atoms with Gasteiger partial charge in [0, 0.05) is 23.9 Å². The highest BCUT2D eigenvalue weighted by atomic mass is 35.7. The second-order valence-corrected chi connectivity index (χ2v) is 7.96. The Kier molecular flexibility index (Phi) is 4.44. The number of halogens is 1. The molecule has 0 aromatic carbocycles. The van der Waals surface area contributed by atoms with Crippen molar-refractivity contribution in [3.05, 3.63) is 18.0 Å². The number of hydrogen-bond acceptors (Lipinski definition) is 4. The van der Waals surface area contributed by atoms with E-state index in [4.69, 9.17) is 15.4 Å². The molecule has 1 fully saturated rings. The fourth-order valence-corrected chi connectivity index (χ4v) is 3.22. The van der Waals surface area contributed by atoms with E-state index in [9.17, 15) is 13.2 Å². The molecule has 0 saturated heterocycles. The molecular weight excluding hydrogens is 302 g/mol. The Morgan fingerprint density at radius 2 is 1.95 bits per heavy atom. The zero-order valence-corrected chi connectivity index (χ0v) is 13.1. The molecule has 0 aliphatic heterocycles. The Morgan fingerprint density at radius 1 is 1.35 bits per heavy atom. The molecule has 1 heterocycles. The second kappa shape index (κ2) is 5.77. The van der Waals surface area contributed by atoms with Crippen molar-refractivity contribution in [3.63, 3.8) is 0 Å². The summed E-state index contributed by atoms with van der Waals surface area (Å²) < 4.78 is 29.3. The number of carbonyl (C=O) groups is 1. The molecule has 20 heavy (non-hydrogen) atoms. The predicted molar refractivity (Wildman–Crippen MR) is 75.3 cm³/mol. The topological polar surface area (TPSA) is 65.4 Å². The highest BCUT2D eigenvalue weighted by molar-refractivity contribution is 8.13. The summed E-state index contributed by atoms with van der Waals surface area (Å²) in [4.78, 5) is 12.0. The summed E-state index contributed by atoms with van der Waals surface area (Å²) in [5.41, 5.74) is 0.197. The lowest BCUT2D eigenvalue weighted by atomic mass is 9.89. The van der Waals surface area contributed by atoms with Gasteiger partial charge in [-0.3, -0.25) is 0 Å². The molecule has 2 rings (SSSR count). The van der Waals surface area contributed by atoms with Crippen molar-refractivity contribution >= 4 is 25.7 Å². The molecule has 1 aromatic heterocycles. The van der Waals surface area contributed by atoms with E-state index in [0.717, 1.165) is 25.7 Å². The number of aryl methyl sites for hydroxylation is 1. The van der Waals surface area contributed by atoms with Gasteiger partial charge in [0.15, 0.2) is 0 Å². The van der Waals surface area contributed by atoms with Crippen LogP contribution in [0.3, 0.4) is 0 Å². The maximum atomic E-state index is 12.1. The summed E-state index contributed by atoms with van der Waals surface area (Å²) in [6, 6.07) is 1.25. The van der Waals surface area contributed by atoms with Crippen LogP contribution in [0.25, 0.3) is 0 Å². The first-order valence-electron chi connectivity index (χ1n) is 6.59. The largest absolute Gasteiger partial charge is 0.458 e. The van der Waals surface area contributed by atoms with Crippen LogP contribution in [0.15, 0.2) is 17.2 Å². The predicted octanol–water partition coefficient (Wildman–Crippen LogP) is 2.69. The summed E-state index contributed by atoms with van der Waals surface area (Å²) in [5.74, 6) is 0.173. The Balaban J connectivity index is 2.08. The number of carbonyl (C=O) groups excluding carboxylic acids is 1. The average molecular weight is 320 g/mol. The minimum atomic E-state index is -3.83. The van der Waals surface area contributed by atoms with Crippen molar-refractivity contribution in [2.45, 2.75) is 43.6 Å². The van der Waals surface area contributed by atoms with Crippen molar-refractivity contribution in [1.82, 2.24) is 4.57 Å². The van der Waals surface area contributed by atoms with Crippen LogP contribution in [0.4, 0.5) is 0 Å². The standard InChI is InChI=1S/C13H18ClNO4S/c1-9-3-5-10(6-4-9)19-13(16)12-7-11(8-15(12)2)20(14,17)18/h7-10H,3-6H2,1-2H3. The molecule has 0 radical (unpaired) electrons. The fourth-order valence-electron chi connectivity index (χ4n) is 2.43. The average Bonchev–Trinajstić information content (AvgIpc) is 2.74. The molecule has 112 valence electrons. The minimum absolute atomic E-state index is 0.0790. The monoisotopic (exact) mass is 319 g/mol. The normalized spacial score (nSPS) is 23.6. The van der Waals surface area contributed by atoms with Gasteiger partial charge in [0.1, 0.15) is 16.7 Å². The van der Waals surface area contributed by atoms with Gasteiger partial charge < -0.3 is 9.30 Å². The van der Waals surface area contributed by atoms with Crippen LogP contribution in [0.5, 0.6) is 0 Å². The summed E-state index contributed by atoms with van der Waals surface area (Å²) in [6.07, 6.45) is 5.04. The highest BCUT2D eigenvalue weighted by Gasteiger charge is 2.25. The molecule has 1 aromatic rings. The van der Waals surface area contributed by atoms with E-state index in [1.807, 2.05) is 0 Å². The molecule has 1 saturated carbocycles. The van der Waals surface area contributed by atoms with Crippen LogP contribution in [0.2, 0.25) is 0 Å². The zero-order valence-electron chi connectivity index (χ0n) is 11.5. The van der Waals surface area contributed by atoms with Gasteiger partial charge in [0.05, 0.1) is 0 Å². The SMILES string of the molecule is CC1CCC(OC(=O)c2cc(S(=O)(=O)Cl)cn2C)CC1. The maximum absolute atomic E-state index is 12.1. The summed E-state index contributed by atoms with van der Waals surface area (Å²) >= 11 is 0. The molecule has 0 amide bonds. The molecule has 7 heteroatoms. The maximum Gasteiger partial charge on any atom is 0.355 e. The second-order valence-electron chi connectivity index (χ2n) is 5.40. The van der Waals surface area contributed by atoms with Crippen molar-refractivity contribution in [2.24, 2.45) is 13.0 Å². The Labute approximate surface area is 123 Å². The molecular formula is C13H18ClNO4S. The lowest BCUT2D eigenvalue weighted by molar-refractivity contribution is 0.0163. The number of rotatable bonds is 3. The smallest absolute Gasteiger partial charge is 0.355 e. The lowest BCUT2D eigenvalue weighted by Crippen LogP contribution is -2.24. The van der Waals surface area contributed by atoms with E-state index in [2.05, 4.69) is 6.92 Å². The van der Waals surface area contributed by atoms with Gasteiger partial charge in [0.2, 0.25) is 0 Å². The summed E-state index contributed by atoms with van der Waals surface area (Å²) in [5, 5.41) is 0. The van der Waals surface area contributed by atoms with Crippen molar-refractivity contribution in [1.29, 1.82) is 0 Å². The first-order valence-corrected chi connectivity index (χ1v) is 8.90. The molecule has 5 nitrogen and oxygen atoms in total. The van der Waals surface area contributed by atoms with Crippen LogP contribution in [-0.2, 0) is 20.8 Å². The van der Waals surface area contributed by atoms with Gasteiger partial charge in [-0.15, -0.1) is 0 Å². The van der Waals surface area contributed by atoms with E-state index in [0.29, 0.717) is 5.92 Å². The molecule has 1 aliphatic carbocycles. The number of nitrogens with zero attached hydrogens (tertiary/aromatic N) is 1. The zero-order chi connectivity index (χ0) is 14.9. The third-order valence-electron chi connectivity index (χ3n) is 3.71. The summed E-state index contributed by atoms with van der Waals surface area (Å²) in [7, 11) is 3.02. The van der Waals surface area contributed by atoms with E-state index in [1.165, 1.54) is 16.8 Å². The quantitative estimate of drug-likeness (QED) is 0.634. The van der Waals surface area contributed by atoms with E-state index >= 15 is 0 Å². The van der Waals surface area contributed by atoms with Crippen molar-refractivity contribution in [3.8, 4) is 0 Å². The molecule has 0 spiro atoms. The third-order valence-corrected chi connectivity index (χ3v) is 5.03. The Morgan fingerprint density at radius 3 is 2.45 bits per heavy atom. The third kappa shape index (κ3) is 3.55. The number of aromatic nitrogens is 1.